The second-order valence-electron chi connectivity index (χ2n) is 15.9. The fourth-order valence-corrected chi connectivity index (χ4v) is 9.00. The third-order valence-electron chi connectivity index (χ3n) is 12.0. The number of aliphatic imine (C=N–C) groups is 1. The first kappa shape index (κ1) is 36.0. The van der Waals surface area contributed by atoms with Crippen molar-refractivity contribution in [2.75, 3.05) is 0 Å². The van der Waals surface area contributed by atoms with Crippen LogP contribution < -0.4 is 0 Å². The van der Waals surface area contributed by atoms with Gasteiger partial charge in [-0.2, -0.15) is 0 Å². The summed E-state index contributed by atoms with van der Waals surface area (Å²) in [5.41, 5.74) is 16.1. The Morgan fingerprint density at radius 3 is 1.93 bits per heavy atom. The van der Waals surface area contributed by atoms with Crippen LogP contribution in [-0.4, -0.2) is 11.9 Å². The van der Waals surface area contributed by atoms with Crippen LogP contribution in [0.2, 0.25) is 0 Å². The van der Waals surface area contributed by atoms with Gasteiger partial charge >= 0.3 is 0 Å². The van der Waals surface area contributed by atoms with Crippen molar-refractivity contribution in [2.45, 2.75) is 19.3 Å². The minimum atomic E-state index is -0.109. The Morgan fingerprint density at radius 1 is 0.458 bits per heavy atom. The largest absolute Gasteiger partial charge is 0.300 e. The summed E-state index contributed by atoms with van der Waals surface area (Å²) in [5, 5.41) is 14.3. The van der Waals surface area contributed by atoms with Gasteiger partial charge in [0.15, 0.2) is 0 Å². The van der Waals surface area contributed by atoms with E-state index in [0.717, 1.165) is 55.4 Å². The fraction of sp³-hybridized carbons (Fsp3) is 0.0526. The molecule has 0 atom stereocenters. The molecule has 280 valence electrons. The lowest BCUT2D eigenvalue weighted by Crippen LogP contribution is -2.15. The van der Waals surface area contributed by atoms with Gasteiger partial charge in [-0.3, -0.25) is 4.99 Å². The van der Waals surface area contributed by atoms with Gasteiger partial charge in [-0.15, -0.1) is 0 Å². The predicted molar refractivity (Wildman–Crippen MR) is 251 cm³/mol. The molecule has 0 spiro atoms. The number of allylic oxidation sites excluding steroid dienone is 1. The molecule has 1 aliphatic rings. The molecule has 9 aromatic carbocycles. The van der Waals surface area contributed by atoms with Crippen LogP contribution in [0.3, 0.4) is 0 Å². The van der Waals surface area contributed by atoms with Crippen LogP contribution in [0.4, 0.5) is 0 Å². The van der Waals surface area contributed by atoms with E-state index in [1.54, 1.807) is 0 Å². The van der Waals surface area contributed by atoms with Gasteiger partial charge in [-0.1, -0.05) is 202 Å². The molecule has 9 aromatic rings. The lowest BCUT2D eigenvalue weighted by Gasteiger charge is -2.22. The highest BCUT2D eigenvalue weighted by atomic mass is 14.7. The zero-order chi connectivity index (χ0) is 39.9. The number of nitrogens with one attached hydrogen (secondary N) is 1. The molecule has 0 amide bonds. The highest BCUT2D eigenvalue weighted by Crippen LogP contribution is 2.52. The van der Waals surface area contributed by atoms with E-state index in [1.807, 2.05) is 79.0 Å². The van der Waals surface area contributed by atoms with Gasteiger partial charge < -0.3 is 5.41 Å². The first-order chi connectivity index (χ1) is 28.9. The molecule has 59 heavy (non-hydrogen) atoms. The van der Waals surface area contributed by atoms with Gasteiger partial charge in [0.25, 0.3) is 0 Å². The highest BCUT2D eigenvalue weighted by Gasteiger charge is 2.36. The van der Waals surface area contributed by atoms with Gasteiger partial charge in [0.05, 0.1) is 11.4 Å². The van der Waals surface area contributed by atoms with Crippen LogP contribution in [0.15, 0.2) is 211 Å². The molecule has 10 rings (SSSR count). The van der Waals surface area contributed by atoms with Gasteiger partial charge in [0.1, 0.15) is 0 Å². The van der Waals surface area contributed by atoms with Crippen molar-refractivity contribution in [3.05, 3.63) is 234 Å². The Hall–Kier alpha value is -7.42. The summed E-state index contributed by atoms with van der Waals surface area (Å²) in [5.74, 6) is 0. The topological polar surface area (TPSA) is 36.2 Å². The lowest BCUT2D eigenvalue weighted by atomic mass is 9.81. The molecule has 1 aliphatic carbocycles. The number of benzene rings is 9. The van der Waals surface area contributed by atoms with Crippen LogP contribution in [0.1, 0.15) is 41.7 Å². The summed E-state index contributed by atoms with van der Waals surface area (Å²) in [7, 11) is 0. The summed E-state index contributed by atoms with van der Waals surface area (Å²) >= 11 is 0. The molecule has 0 fully saturated rings. The summed E-state index contributed by atoms with van der Waals surface area (Å²) in [4.78, 5) is 5.11. The van der Waals surface area contributed by atoms with Crippen molar-refractivity contribution in [3.8, 4) is 44.5 Å². The van der Waals surface area contributed by atoms with E-state index in [-0.39, 0.29) is 5.41 Å². The molecule has 0 heterocycles. The number of rotatable bonds is 8. The molecule has 1 N–H and O–H groups in total. The number of hydrogen-bond donors (Lipinski definition) is 1. The van der Waals surface area contributed by atoms with Crippen molar-refractivity contribution >= 4 is 39.2 Å². The van der Waals surface area contributed by atoms with E-state index in [2.05, 4.69) is 147 Å². The average Bonchev–Trinajstić information content (AvgIpc) is 3.53. The smallest absolute Gasteiger partial charge is 0.0729 e. The fourth-order valence-electron chi connectivity index (χ4n) is 9.00. The van der Waals surface area contributed by atoms with Crippen LogP contribution in [0, 0.1) is 5.41 Å². The van der Waals surface area contributed by atoms with Gasteiger partial charge in [0, 0.05) is 22.8 Å². The van der Waals surface area contributed by atoms with Crippen molar-refractivity contribution in [1.82, 2.24) is 0 Å². The minimum Gasteiger partial charge on any atom is -0.300 e. The third kappa shape index (κ3) is 6.49. The van der Waals surface area contributed by atoms with Crippen LogP contribution in [0.25, 0.3) is 71.7 Å². The van der Waals surface area contributed by atoms with E-state index >= 15 is 0 Å². The molecular formula is C57H42N2. The van der Waals surface area contributed by atoms with Crippen LogP contribution in [0.5, 0.6) is 0 Å². The maximum atomic E-state index is 9.47. The molecule has 0 unspecified atom stereocenters. The number of fused-ring (bicyclic) bond motifs is 6. The van der Waals surface area contributed by atoms with Gasteiger partial charge in [-0.25, -0.2) is 0 Å². The second kappa shape index (κ2) is 14.8. The molecule has 2 heteroatoms. The number of nitrogens with zero attached hydrogens (tertiary/aromatic N) is 1. The Morgan fingerprint density at radius 2 is 1.10 bits per heavy atom. The molecule has 0 radical (unpaired) electrons. The van der Waals surface area contributed by atoms with Crippen LogP contribution in [-0.2, 0) is 5.41 Å². The maximum Gasteiger partial charge on any atom is 0.0729 e. The van der Waals surface area contributed by atoms with Crippen molar-refractivity contribution < 1.29 is 0 Å². The highest BCUT2D eigenvalue weighted by molar-refractivity contribution is 6.16. The second-order valence-corrected chi connectivity index (χ2v) is 15.9. The normalized spacial score (nSPS) is 13.2. The van der Waals surface area contributed by atoms with E-state index in [0.29, 0.717) is 5.71 Å². The molecule has 0 saturated heterocycles. The molecule has 0 aromatic heterocycles. The first-order valence-corrected chi connectivity index (χ1v) is 20.3. The van der Waals surface area contributed by atoms with Gasteiger partial charge in [-0.05, 0) is 101 Å². The van der Waals surface area contributed by atoms with E-state index in [4.69, 9.17) is 4.99 Å². The summed E-state index contributed by atoms with van der Waals surface area (Å²) in [6, 6.07) is 70.9. The first-order valence-electron chi connectivity index (χ1n) is 20.3. The quantitative estimate of drug-likeness (QED) is 0.150. The minimum absolute atomic E-state index is 0.109. The summed E-state index contributed by atoms with van der Waals surface area (Å²) in [6.45, 7) is 4.72. The third-order valence-corrected chi connectivity index (χ3v) is 12.0. The monoisotopic (exact) mass is 754 g/mol. The molecular weight excluding hydrogens is 713 g/mol. The maximum absolute atomic E-state index is 9.47. The zero-order valence-electron chi connectivity index (χ0n) is 33.2. The molecule has 2 nitrogen and oxygen atoms in total. The van der Waals surface area contributed by atoms with Crippen molar-refractivity contribution in [3.63, 3.8) is 0 Å². The van der Waals surface area contributed by atoms with Gasteiger partial charge in [0.2, 0.25) is 0 Å². The Kier molecular flexibility index (Phi) is 9.03. The molecule has 0 aliphatic heterocycles. The van der Waals surface area contributed by atoms with E-state index in [1.165, 1.54) is 44.2 Å². The van der Waals surface area contributed by atoms with Crippen LogP contribution >= 0.6 is 0 Å². The SMILES string of the molecule is CC1(C)c2cc(-c3cccc(-c4ccc(/C(=C/C(=N)c5ccccc5-c5ccccc5)N=Cc5ccccc5)c5ccccc45)c3)ccc2-c2c1ccc1ccccc21. The Bertz CT molecular complexity index is 3130. The number of hydrogen-bond acceptors (Lipinski definition) is 2. The summed E-state index contributed by atoms with van der Waals surface area (Å²) in [6.07, 6.45) is 3.81. The average molecular weight is 755 g/mol. The molecule has 0 saturated carbocycles. The Balaban J connectivity index is 1.06. The van der Waals surface area contributed by atoms with E-state index < -0.39 is 0 Å². The van der Waals surface area contributed by atoms with Crippen molar-refractivity contribution in [1.29, 1.82) is 5.41 Å². The van der Waals surface area contributed by atoms with Crippen molar-refractivity contribution in [2.24, 2.45) is 4.99 Å². The predicted octanol–water partition coefficient (Wildman–Crippen LogP) is 14.8. The standard InChI is InChI=1S/C57H42N2/c1-57(2)52-33-29-40-20-9-10-24-46(40)56(52)51-30-28-42(35-53(51)57)41-21-15-22-43(34-41)45-31-32-50(48-26-13-12-25-47(45)48)55(59-37-38-16-5-3-6-17-38)36-54(58)49-27-14-11-23-44(49)39-18-7-4-8-19-39/h3-37,58H,1-2H3/b55-36-,58-54?,59-37?. The summed E-state index contributed by atoms with van der Waals surface area (Å²) < 4.78 is 0. The Labute approximate surface area is 346 Å². The van der Waals surface area contributed by atoms with E-state index in [9.17, 15) is 5.41 Å². The zero-order valence-corrected chi connectivity index (χ0v) is 33.2. The molecule has 0 bridgehead atoms. The lowest BCUT2D eigenvalue weighted by molar-refractivity contribution is 0.661.